The third kappa shape index (κ3) is 2.76. The minimum Gasteiger partial charge on any atom is -0.340 e. The van der Waals surface area contributed by atoms with Crippen molar-refractivity contribution in [3.63, 3.8) is 0 Å². The van der Waals surface area contributed by atoms with E-state index in [1.807, 2.05) is 37.4 Å². The predicted octanol–water partition coefficient (Wildman–Crippen LogP) is 1.65. The molecule has 0 aromatic rings. The molecule has 5 heteroatoms. The highest BCUT2D eigenvalue weighted by Gasteiger charge is 2.46. The fourth-order valence-corrected chi connectivity index (χ4v) is 4.14. The van der Waals surface area contributed by atoms with E-state index < -0.39 is 5.54 Å². The molecule has 2 saturated heterocycles. The smallest absolute Gasteiger partial charge is 0.248 e. The van der Waals surface area contributed by atoms with E-state index in [0.29, 0.717) is 18.8 Å². The molecule has 19 heavy (non-hydrogen) atoms. The van der Waals surface area contributed by atoms with Gasteiger partial charge in [-0.15, -0.1) is 0 Å². The largest absolute Gasteiger partial charge is 0.340 e. The highest BCUT2D eigenvalue weighted by atomic mass is 32.2. The van der Waals surface area contributed by atoms with Crippen LogP contribution in [-0.2, 0) is 9.59 Å². The van der Waals surface area contributed by atoms with E-state index in [1.165, 1.54) is 5.75 Å². The first-order chi connectivity index (χ1) is 9.01. The van der Waals surface area contributed by atoms with Gasteiger partial charge in [0.1, 0.15) is 11.6 Å². The van der Waals surface area contributed by atoms with Crippen LogP contribution in [0.5, 0.6) is 0 Å². The minimum atomic E-state index is -0.714. The van der Waals surface area contributed by atoms with Gasteiger partial charge in [0.05, 0.1) is 0 Å². The standard InChI is InChI=1S/C14H24N2O2S/c1-4-11-12(17)15-14(3,5-2)13(18)16(11)8-10-6-7-19-9-10/h10-11H,4-9H2,1-3H3,(H,15,17). The number of piperazine rings is 1. The Balaban J connectivity index is 2.18. The van der Waals surface area contributed by atoms with Crippen molar-refractivity contribution in [1.29, 1.82) is 0 Å². The van der Waals surface area contributed by atoms with Crippen LogP contribution < -0.4 is 5.32 Å². The van der Waals surface area contributed by atoms with Crippen molar-refractivity contribution in [3.05, 3.63) is 0 Å². The Kier molecular flexibility index (Phi) is 4.43. The molecular weight excluding hydrogens is 260 g/mol. The summed E-state index contributed by atoms with van der Waals surface area (Å²) in [4.78, 5) is 26.8. The first-order valence-corrected chi connectivity index (χ1v) is 8.38. The summed E-state index contributed by atoms with van der Waals surface area (Å²) in [6.07, 6.45) is 2.50. The first-order valence-electron chi connectivity index (χ1n) is 7.22. The van der Waals surface area contributed by atoms with Gasteiger partial charge in [0, 0.05) is 6.54 Å². The average Bonchev–Trinajstić information content (AvgIpc) is 2.89. The van der Waals surface area contributed by atoms with Gasteiger partial charge in [0.25, 0.3) is 0 Å². The van der Waals surface area contributed by atoms with Crippen LogP contribution in [0.2, 0.25) is 0 Å². The zero-order valence-electron chi connectivity index (χ0n) is 12.1. The van der Waals surface area contributed by atoms with Gasteiger partial charge < -0.3 is 10.2 Å². The van der Waals surface area contributed by atoms with Crippen molar-refractivity contribution in [2.45, 2.75) is 51.6 Å². The molecule has 1 N–H and O–H groups in total. The van der Waals surface area contributed by atoms with Gasteiger partial charge in [-0.2, -0.15) is 11.8 Å². The zero-order valence-corrected chi connectivity index (χ0v) is 12.9. The lowest BCUT2D eigenvalue weighted by Crippen LogP contribution is -2.69. The van der Waals surface area contributed by atoms with Crippen molar-refractivity contribution < 1.29 is 9.59 Å². The minimum absolute atomic E-state index is 0.0112. The predicted molar refractivity (Wildman–Crippen MR) is 78.1 cm³/mol. The molecule has 0 saturated carbocycles. The normalized spacial score (nSPS) is 35.6. The molecular formula is C14H24N2O2S. The summed E-state index contributed by atoms with van der Waals surface area (Å²) in [5.74, 6) is 2.95. The van der Waals surface area contributed by atoms with E-state index in [1.54, 1.807) is 0 Å². The van der Waals surface area contributed by atoms with Gasteiger partial charge in [0.2, 0.25) is 11.8 Å². The molecule has 3 unspecified atom stereocenters. The van der Waals surface area contributed by atoms with Gasteiger partial charge in [0.15, 0.2) is 0 Å². The molecule has 4 nitrogen and oxygen atoms in total. The van der Waals surface area contributed by atoms with E-state index in [9.17, 15) is 9.59 Å². The van der Waals surface area contributed by atoms with Crippen LogP contribution in [0.25, 0.3) is 0 Å². The van der Waals surface area contributed by atoms with Gasteiger partial charge in [-0.25, -0.2) is 0 Å². The number of rotatable bonds is 4. The second-order valence-corrected chi connectivity index (χ2v) is 6.94. The lowest BCUT2D eigenvalue weighted by Gasteiger charge is -2.44. The van der Waals surface area contributed by atoms with Crippen LogP contribution >= 0.6 is 11.8 Å². The van der Waals surface area contributed by atoms with Crippen LogP contribution in [0.15, 0.2) is 0 Å². The molecule has 2 rings (SSSR count). The average molecular weight is 284 g/mol. The maximum Gasteiger partial charge on any atom is 0.248 e. The lowest BCUT2D eigenvalue weighted by atomic mass is 9.90. The molecule has 2 amide bonds. The third-order valence-electron chi connectivity index (χ3n) is 4.38. The molecule has 0 radical (unpaired) electrons. The summed E-state index contributed by atoms with van der Waals surface area (Å²) < 4.78 is 0. The third-order valence-corrected chi connectivity index (χ3v) is 5.62. The molecule has 0 aromatic heterocycles. The molecule has 2 aliphatic heterocycles. The fourth-order valence-electron chi connectivity index (χ4n) is 2.87. The molecule has 0 aromatic carbocycles. The van der Waals surface area contributed by atoms with Crippen LogP contribution in [0, 0.1) is 5.92 Å². The van der Waals surface area contributed by atoms with Crippen LogP contribution in [0.4, 0.5) is 0 Å². The molecule has 2 aliphatic rings. The Morgan fingerprint density at radius 1 is 1.42 bits per heavy atom. The molecule has 0 bridgehead atoms. The lowest BCUT2D eigenvalue weighted by molar-refractivity contribution is -0.155. The topological polar surface area (TPSA) is 49.4 Å². The Morgan fingerprint density at radius 3 is 2.68 bits per heavy atom. The van der Waals surface area contributed by atoms with Gasteiger partial charge in [-0.05, 0) is 43.6 Å². The van der Waals surface area contributed by atoms with Crippen molar-refractivity contribution in [3.8, 4) is 0 Å². The number of carbonyl (C=O) groups excluding carboxylic acids is 2. The molecule has 0 aliphatic carbocycles. The van der Waals surface area contributed by atoms with E-state index >= 15 is 0 Å². The van der Waals surface area contributed by atoms with Crippen LogP contribution in [0.3, 0.4) is 0 Å². The summed E-state index contributed by atoms with van der Waals surface area (Å²) in [5, 5.41) is 2.91. The van der Waals surface area contributed by atoms with Crippen LogP contribution in [0.1, 0.15) is 40.0 Å². The second kappa shape index (κ2) is 5.73. The molecule has 3 atom stereocenters. The summed E-state index contributed by atoms with van der Waals surface area (Å²) >= 11 is 1.95. The van der Waals surface area contributed by atoms with E-state index in [0.717, 1.165) is 18.7 Å². The van der Waals surface area contributed by atoms with Crippen LogP contribution in [-0.4, -0.2) is 46.3 Å². The molecule has 2 fully saturated rings. The second-order valence-electron chi connectivity index (χ2n) is 5.79. The Morgan fingerprint density at radius 2 is 2.16 bits per heavy atom. The SMILES string of the molecule is CCC1C(=O)NC(C)(CC)C(=O)N1CC1CCSC1. The van der Waals surface area contributed by atoms with E-state index in [2.05, 4.69) is 5.32 Å². The highest BCUT2D eigenvalue weighted by molar-refractivity contribution is 7.99. The van der Waals surface area contributed by atoms with Gasteiger partial charge >= 0.3 is 0 Å². The number of thioether (sulfide) groups is 1. The quantitative estimate of drug-likeness (QED) is 0.854. The maximum atomic E-state index is 12.7. The highest BCUT2D eigenvalue weighted by Crippen LogP contribution is 2.29. The Hall–Kier alpha value is -0.710. The molecule has 0 spiro atoms. The monoisotopic (exact) mass is 284 g/mol. The molecule has 108 valence electrons. The number of amides is 2. The first kappa shape index (κ1) is 14.7. The van der Waals surface area contributed by atoms with E-state index in [-0.39, 0.29) is 17.9 Å². The Labute approximate surface area is 119 Å². The van der Waals surface area contributed by atoms with Gasteiger partial charge in [-0.3, -0.25) is 9.59 Å². The Bertz CT molecular complexity index is 368. The van der Waals surface area contributed by atoms with E-state index in [4.69, 9.17) is 0 Å². The summed E-state index contributed by atoms with van der Waals surface area (Å²) in [5.41, 5.74) is -0.714. The summed E-state index contributed by atoms with van der Waals surface area (Å²) in [6.45, 7) is 6.51. The summed E-state index contributed by atoms with van der Waals surface area (Å²) in [6, 6.07) is -0.280. The van der Waals surface area contributed by atoms with Crippen molar-refractivity contribution in [2.75, 3.05) is 18.1 Å². The van der Waals surface area contributed by atoms with Crippen molar-refractivity contribution in [2.24, 2.45) is 5.92 Å². The fraction of sp³-hybridized carbons (Fsp3) is 0.857. The van der Waals surface area contributed by atoms with Gasteiger partial charge in [-0.1, -0.05) is 13.8 Å². The number of nitrogens with zero attached hydrogens (tertiary/aromatic N) is 1. The zero-order chi connectivity index (χ0) is 14.0. The van der Waals surface area contributed by atoms with Crippen molar-refractivity contribution >= 4 is 23.6 Å². The molecule has 2 heterocycles. The number of carbonyl (C=O) groups is 2. The maximum absolute atomic E-state index is 12.7. The number of hydrogen-bond donors (Lipinski definition) is 1. The summed E-state index contributed by atoms with van der Waals surface area (Å²) in [7, 11) is 0. The number of hydrogen-bond acceptors (Lipinski definition) is 3. The number of nitrogens with one attached hydrogen (secondary N) is 1. The van der Waals surface area contributed by atoms with Crippen molar-refractivity contribution in [1.82, 2.24) is 10.2 Å².